The minimum Gasteiger partial charge on any atom is -0.497 e. The summed E-state index contributed by atoms with van der Waals surface area (Å²) in [5.74, 6) is 0.183. The van der Waals surface area contributed by atoms with E-state index in [9.17, 15) is 14.4 Å². The lowest BCUT2D eigenvalue weighted by Gasteiger charge is -2.21. The minimum absolute atomic E-state index is 0.0828. The van der Waals surface area contributed by atoms with Crippen molar-refractivity contribution >= 4 is 29.4 Å². The number of anilines is 2. The summed E-state index contributed by atoms with van der Waals surface area (Å²) in [7, 11) is 2.89. The Morgan fingerprint density at radius 1 is 1.26 bits per heavy atom. The Kier molecular flexibility index (Phi) is 8.10. The van der Waals surface area contributed by atoms with Gasteiger partial charge >= 0.3 is 6.09 Å². The summed E-state index contributed by atoms with van der Waals surface area (Å²) in [6, 6.07) is 4.65. The highest BCUT2D eigenvalue weighted by atomic mass is 16.5. The van der Waals surface area contributed by atoms with Crippen LogP contribution in [0.4, 0.5) is 16.3 Å². The Labute approximate surface area is 204 Å². The van der Waals surface area contributed by atoms with Crippen LogP contribution < -0.4 is 21.1 Å². The molecule has 1 aliphatic carbocycles. The van der Waals surface area contributed by atoms with E-state index in [0.29, 0.717) is 42.6 Å². The number of carbonyl (C=O) groups is 3. The number of nitrogens with zero attached hydrogens (tertiary/aromatic N) is 3. The molecule has 0 bridgehead atoms. The summed E-state index contributed by atoms with van der Waals surface area (Å²) in [4.78, 5) is 45.5. The molecule has 1 fully saturated rings. The van der Waals surface area contributed by atoms with E-state index in [1.807, 2.05) is 19.1 Å². The molecule has 188 valence electrons. The molecule has 1 aromatic carbocycles. The van der Waals surface area contributed by atoms with Gasteiger partial charge in [0, 0.05) is 31.3 Å². The molecule has 1 saturated carbocycles. The second kappa shape index (κ2) is 11.0. The molecule has 11 heteroatoms. The quantitative estimate of drug-likeness (QED) is 0.378. The minimum atomic E-state index is -1.17. The first-order valence-corrected chi connectivity index (χ1v) is 11.5. The third-order valence-electron chi connectivity index (χ3n) is 5.97. The van der Waals surface area contributed by atoms with E-state index in [2.05, 4.69) is 15.6 Å². The SMILES string of the molecule is CCc1nc(C(N)=O)c(Nc2cc(CCNC(=O)[C@H](C)N(C)C(=O)O)cc(OC)c2)nc1C1CC1. The Balaban J connectivity index is 1.78. The smallest absolute Gasteiger partial charge is 0.407 e. The number of amides is 3. The molecule has 1 aliphatic rings. The summed E-state index contributed by atoms with van der Waals surface area (Å²) in [6.45, 7) is 3.79. The van der Waals surface area contributed by atoms with Crippen LogP contribution in [0.5, 0.6) is 5.75 Å². The molecule has 1 aromatic heterocycles. The van der Waals surface area contributed by atoms with Crippen molar-refractivity contribution < 1.29 is 24.2 Å². The largest absolute Gasteiger partial charge is 0.497 e. The number of carbonyl (C=O) groups excluding carboxylic acids is 2. The number of ether oxygens (including phenoxy) is 1. The van der Waals surface area contributed by atoms with Crippen molar-refractivity contribution in [1.82, 2.24) is 20.2 Å². The molecular weight excluding hydrogens is 452 g/mol. The number of carboxylic acid groups (broad SMARTS) is 1. The van der Waals surface area contributed by atoms with Crippen LogP contribution in [0.3, 0.4) is 0 Å². The van der Waals surface area contributed by atoms with Gasteiger partial charge in [-0.3, -0.25) is 14.5 Å². The first-order chi connectivity index (χ1) is 16.6. The highest BCUT2D eigenvalue weighted by Crippen LogP contribution is 2.41. The topological polar surface area (TPSA) is 160 Å². The van der Waals surface area contributed by atoms with Gasteiger partial charge in [-0.15, -0.1) is 0 Å². The van der Waals surface area contributed by atoms with E-state index in [1.54, 1.807) is 13.2 Å². The molecule has 35 heavy (non-hydrogen) atoms. The van der Waals surface area contributed by atoms with Gasteiger partial charge in [0.25, 0.3) is 5.91 Å². The molecule has 3 amide bonds. The fraction of sp³-hybridized carbons (Fsp3) is 0.458. The molecule has 2 aromatic rings. The third kappa shape index (κ3) is 6.37. The maximum atomic E-state index is 12.2. The summed E-state index contributed by atoms with van der Waals surface area (Å²) >= 11 is 0. The van der Waals surface area contributed by atoms with Crippen LogP contribution in [0.25, 0.3) is 0 Å². The van der Waals surface area contributed by atoms with Gasteiger partial charge in [-0.05, 0) is 50.3 Å². The van der Waals surface area contributed by atoms with E-state index in [0.717, 1.165) is 34.7 Å². The van der Waals surface area contributed by atoms with Crippen molar-refractivity contribution in [1.29, 1.82) is 0 Å². The van der Waals surface area contributed by atoms with Gasteiger partial charge in [0.2, 0.25) is 5.91 Å². The van der Waals surface area contributed by atoms with E-state index in [4.69, 9.17) is 20.6 Å². The molecular formula is C24H32N6O5. The number of benzene rings is 1. The Hall–Kier alpha value is -3.89. The number of rotatable bonds is 11. The van der Waals surface area contributed by atoms with E-state index in [1.165, 1.54) is 14.0 Å². The maximum absolute atomic E-state index is 12.2. The van der Waals surface area contributed by atoms with Gasteiger partial charge in [-0.2, -0.15) is 0 Å². The molecule has 0 radical (unpaired) electrons. The maximum Gasteiger partial charge on any atom is 0.407 e. The van der Waals surface area contributed by atoms with Crippen LogP contribution in [-0.2, 0) is 17.6 Å². The second-order valence-electron chi connectivity index (χ2n) is 8.55. The zero-order valence-electron chi connectivity index (χ0n) is 20.4. The number of hydrogen-bond acceptors (Lipinski definition) is 7. The van der Waals surface area contributed by atoms with E-state index >= 15 is 0 Å². The zero-order valence-corrected chi connectivity index (χ0v) is 20.4. The van der Waals surface area contributed by atoms with Gasteiger partial charge in [0.1, 0.15) is 11.8 Å². The van der Waals surface area contributed by atoms with Crippen molar-refractivity contribution in [3.8, 4) is 5.75 Å². The fourth-order valence-electron chi connectivity index (χ4n) is 3.64. The van der Waals surface area contributed by atoms with Crippen LogP contribution in [-0.4, -0.2) is 64.6 Å². The predicted octanol–water partition coefficient (Wildman–Crippen LogP) is 2.42. The first kappa shape index (κ1) is 25.7. The summed E-state index contributed by atoms with van der Waals surface area (Å²) < 4.78 is 5.42. The molecule has 1 heterocycles. The van der Waals surface area contributed by atoms with Crippen molar-refractivity contribution in [2.45, 2.75) is 51.5 Å². The number of methoxy groups -OCH3 is 1. The molecule has 11 nitrogen and oxygen atoms in total. The Bertz CT molecular complexity index is 1120. The number of primary amides is 1. The van der Waals surface area contributed by atoms with E-state index < -0.39 is 18.0 Å². The summed E-state index contributed by atoms with van der Waals surface area (Å²) in [5, 5.41) is 15.0. The number of likely N-dealkylation sites (N-methyl/N-ethyl adjacent to an activating group) is 1. The van der Waals surface area contributed by atoms with Gasteiger partial charge in [-0.25, -0.2) is 14.8 Å². The number of aryl methyl sites for hydroxylation is 1. The van der Waals surface area contributed by atoms with Crippen LogP contribution in [0.1, 0.15) is 60.0 Å². The number of hydrogen-bond donors (Lipinski definition) is 4. The number of nitrogens with two attached hydrogens (primary N) is 1. The number of aromatic nitrogens is 2. The second-order valence-corrected chi connectivity index (χ2v) is 8.55. The van der Waals surface area contributed by atoms with Crippen molar-refractivity contribution in [3.05, 3.63) is 40.8 Å². The van der Waals surface area contributed by atoms with Crippen LogP contribution in [0.2, 0.25) is 0 Å². The summed E-state index contributed by atoms with van der Waals surface area (Å²) in [5.41, 5.74) is 8.84. The highest BCUT2D eigenvalue weighted by Gasteiger charge is 2.30. The van der Waals surface area contributed by atoms with Gasteiger partial charge in [-0.1, -0.05) is 6.92 Å². The fourth-order valence-corrected chi connectivity index (χ4v) is 3.64. The monoisotopic (exact) mass is 484 g/mol. The van der Waals surface area contributed by atoms with Gasteiger partial charge in [0.05, 0.1) is 18.5 Å². The van der Waals surface area contributed by atoms with Crippen LogP contribution in [0, 0.1) is 0 Å². The van der Waals surface area contributed by atoms with Gasteiger partial charge in [0.15, 0.2) is 11.5 Å². The van der Waals surface area contributed by atoms with Crippen LogP contribution >= 0.6 is 0 Å². The molecule has 3 rings (SSSR count). The molecule has 1 atom stereocenters. The first-order valence-electron chi connectivity index (χ1n) is 11.5. The van der Waals surface area contributed by atoms with Crippen molar-refractivity contribution in [2.75, 3.05) is 26.0 Å². The normalized spacial score (nSPS) is 13.6. The van der Waals surface area contributed by atoms with Crippen molar-refractivity contribution in [3.63, 3.8) is 0 Å². The molecule has 0 unspecified atom stereocenters. The standard InChI is InChI=1S/C24H32N6O5/c1-5-18-19(15-6-7-15)29-22(20(28-18)21(25)31)27-16-10-14(11-17(12-16)35-4)8-9-26-23(32)13(2)30(3)24(33)34/h10-13,15H,5-9H2,1-4H3,(H2,25,31)(H,26,32)(H,27,29)(H,33,34)/t13-/m0/s1. The average Bonchev–Trinajstić information content (AvgIpc) is 3.67. The molecule has 0 saturated heterocycles. The lowest BCUT2D eigenvalue weighted by molar-refractivity contribution is -0.124. The predicted molar refractivity (Wildman–Crippen MR) is 130 cm³/mol. The molecule has 5 N–H and O–H groups in total. The highest BCUT2D eigenvalue weighted by molar-refractivity contribution is 5.96. The lowest BCUT2D eigenvalue weighted by Crippen LogP contribution is -2.45. The zero-order chi connectivity index (χ0) is 25.7. The molecule has 0 spiro atoms. The van der Waals surface area contributed by atoms with E-state index in [-0.39, 0.29) is 11.6 Å². The van der Waals surface area contributed by atoms with Crippen LogP contribution in [0.15, 0.2) is 18.2 Å². The molecule has 0 aliphatic heterocycles. The average molecular weight is 485 g/mol. The third-order valence-corrected chi connectivity index (χ3v) is 5.97. The summed E-state index contributed by atoms with van der Waals surface area (Å²) in [6.07, 6.45) is 2.05. The van der Waals surface area contributed by atoms with Gasteiger partial charge < -0.3 is 26.2 Å². The Morgan fingerprint density at radius 2 is 1.97 bits per heavy atom. The van der Waals surface area contributed by atoms with Crippen molar-refractivity contribution in [2.24, 2.45) is 5.73 Å². The number of nitrogens with one attached hydrogen (secondary N) is 2. The lowest BCUT2D eigenvalue weighted by atomic mass is 10.1. The Morgan fingerprint density at radius 3 is 2.54 bits per heavy atom.